The Labute approximate surface area is 437 Å². The Balaban J connectivity index is 0.000000614. The van der Waals surface area contributed by atoms with Crippen LogP contribution in [0, 0.1) is 10.8 Å². The summed E-state index contributed by atoms with van der Waals surface area (Å²) in [5, 5.41) is 19.8. The molecule has 2 saturated carbocycles. The Morgan fingerprint density at radius 2 is 1.16 bits per heavy atom. The van der Waals surface area contributed by atoms with Crippen molar-refractivity contribution in [3.8, 4) is 0 Å². The van der Waals surface area contributed by atoms with Crippen LogP contribution >= 0.6 is 47.8 Å². The molecule has 3 aliphatic heterocycles. The van der Waals surface area contributed by atoms with Gasteiger partial charge in [0.2, 0.25) is 11.8 Å². The van der Waals surface area contributed by atoms with Gasteiger partial charge in [0.05, 0.1) is 6.54 Å². The molecular weight excluding hydrogens is 1090 g/mol. The number of carbonyl (C=O) groups excluding carboxylic acids is 6. The molecule has 21 heteroatoms. The number of rotatable bonds is 8. The molecule has 4 amide bonds. The van der Waals surface area contributed by atoms with Gasteiger partial charge in [-0.15, -0.1) is 0 Å². The first-order valence-electron chi connectivity index (χ1n) is 23.9. The first-order valence-corrected chi connectivity index (χ1v) is 25.2. The van der Waals surface area contributed by atoms with E-state index < -0.39 is 75.9 Å². The van der Waals surface area contributed by atoms with Crippen molar-refractivity contribution < 1.29 is 59.1 Å². The molecule has 5 atom stereocenters. The zero-order valence-corrected chi connectivity index (χ0v) is 47.0. The number of hydrogen-bond acceptors (Lipinski definition) is 14. The van der Waals surface area contributed by atoms with Crippen molar-refractivity contribution in [1.29, 1.82) is 0 Å². The third-order valence-electron chi connectivity index (χ3n) is 11.4. The topological polar surface area (TPSA) is 224 Å². The quantitative estimate of drug-likeness (QED) is 0.0516. The second-order valence-corrected chi connectivity index (χ2v) is 25.4. The molecule has 5 aliphatic rings. The average molecular weight is 1170 g/mol. The molecule has 0 unspecified atom stereocenters. The first-order chi connectivity index (χ1) is 31.7. The highest BCUT2D eigenvalue weighted by Crippen LogP contribution is 2.40. The van der Waals surface area contributed by atoms with Crippen LogP contribution in [0.3, 0.4) is 0 Å². The Morgan fingerprint density at radius 3 is 1.51 bits per heavy atom. The Bertz CT molecular complexity index is 1860. The van der Waals surface area contributed by atoms with E-state index in [1.54, 1.807) is 41.5 Å². The van der Waals surface area contributed by atoms with Gasteiger partial charge in [0.1, 0.15) is 52.2 Å². The highest BCUT2D eigenvalue weighted by Gasteiger charge is 2.56. The van der Waals surface area contributed by atoms with Crippen molar-refractivity contribution in [2.45, 2.75) is 222 Å². The summed E-state index contributed by atoms with van der Waals surface area (Å²) < 4.78 is 28.8. The fourth-order valence-corrected chi connectivity index (χ4v) is 8.87. The standard InChI is InChI=1S/C23H36BrN3O6.C22H36N2O5.CHBr2NO.2CH4/c1-21(2,3)17(25-20(30)31-14-9-7-8-10-14)18(28)27-13-23(12-16(24)26-33-23)11-15(27)19(29)32-22(4,5)6;1-14-12-16(19(26)29-22(5,6)7)24(13-14)18(25)17(21(2,3)4)23-20(27)28-15-10-8-9-11-15;2-1(3)4-5;;/h14-15,17H,7-13H2,1-6H3,(H,25,30);15-17H,1,8-13H2,2-7H3,(H,23,27);5H;2*1H4/t15-,17+,23-;16-,17+;;;/m00.../s1/i;;;1D;. The molecule has 2 aliphatic carbocycles. The number of nitrogens with one attached hydrogen (secondary N) is 2. The third kappa shape index (κ3) is 20.3. The fraction of sp³-hybridized carbons (Fsp3) is 0.792. The van der Waals surface area contributed by atoms with Crippen molar-refractivity contribution in [3.05, 3.63) is 12.2 Å². The van der Waals surface area contributed by atoms with Crippen LogP contribution in [0.1, 0.15) is 170 Å². The van der Waals surface area contributed by atoms with Crippen molar-refractivity contribution in [1.82, 2.24) is 20.4 Å². The van der Waals surface area contributed by atoms with E-state index in [-0.39, 0.29) is 51.0 Å². The zero-order valence-electron chi connectivity index (χ0n) is 43.2. The summed E-state index contributed by atoms with van der Waals surface area (Å²) >= 11 is 8.93. The minimum Gasteiger partial charge on any atom is -0.458 e. The van der Waals surface area contributed by atoms with Crippen LogP contribution in [0.2, 0.25) is 0 Å². The molecule has 3 N–H and O–H groups in total. The fourth-order valence-electron chi connectivity index (χ4n) is 8.29. The van der Waals surface area contributed by atoms with Crippen molar-refractivity contribution in [2.24, 2.45) is 21.1 Å². The molecule has 2 saturated heterocycles. The number of esters is 2. The number of nitrogens with zero attached hydrogens (tertiary/aromatic N) is 4. The van der Waals surface area contributed by atoms with Gasteiger partial charge in [-0.25, -0.2) is 19.2 Å². The number of carbonyl (C=O) groups is 6. The van der Waals surface area contributed by atoms with Crippen LogP contribution in [-0.2, 0) is 43.0 Å². The molecule has 4 fully saturated rings. The summed E-state index contributed by atoms with van der Waals surface area (Å²) in [5.74, 6) is -1.65. The lowest BCUT2D eigenvalue weighted by Crippen LogP contribution is -2.57. The maximum atomic E-state index is 13.8. The molecule has 0 bridgehead atoms. The molecule has 0 radical (unpaired) electrons. The number of oxime groups is 2. The van der Waals surface area contributed by atoms with Crippen molar-refractivity contribution >= 4 is 91.9 Å². The lowest BCUT2D eigenvalue weighted by Gasteiger charge is -2.35. The molecule has 0 aromatic carbocycles. The Morgan fingerprint density at radius 1 is 0.768 bits per heavy atom. The maximum Gasteiger partial charge on any atom is 0.408 e. The maximum absolute atomic E-state index is 13.8. The third-order valence-corrected chi connectivity index (χ3v) is 12.1. The smallest absolute Gasteiger partial charge is 0.408 e. The number of ether oxygens (including phenoxy) is 4. The van der Waals surface area contributed by atoms with E-state index in [1.165, 1.54) is 17.2 Å². The SMILES string of the molecule is C.C=C1C[C@@H](C(=O)OC(C)(C)C)N(C(=O)[C@@H](NC(=O)OC2CCCC2)C(C)(C)C)C1.CC(C)(C)OC(=O)[C@@H]1C[C@]2(CC(Br)=NO2)CN1C(=O)[C@@H](NC(=O)OC1CCCC1)C(C)(C)C.ON=C(Br)Br.[2H]C. The van der Waals surface area contributed by atoms with Gasteiger partial charge in [-0.3, -0.25) is 9.59 Å². The molecule has 5 rings (SSSR count). The van der Waals surface area contributed by atoms with E-state index in [0.717, 1.165) is 56.9 Å². The molecule has 0 aromatic heterocycles. The summed E-state index contributed by atoms with van der Waals surface area (Å²) in [6.07, 6.45) is 7.22. The van der Waals surface area contributed by atoms with Crippen LogP contribution in [0.25, 0.3) is 0 Å². The summed E-state index contributed by atoms with van der Waals surface area (Å²) in [7, 11) is 1.25. The van der Waals surface area contributed by atoms with Gasteiger partial charge in [0.25, 0.3) is 0 Å². The molecule has 69 heavy (non-hydrogen) atoms. The van der Waals surface area contributed by atoms with E-state index >= 15 is 0 Å². The normalized spacial score (nSPS) is 22.5. The van der Waals surface area contributed by atoms with Crippen LogP contribution in [-0.4, -0.2) is 125 Å². The van der Waals surface area contributed by atoms with Gasteiger partial charge in [-0.05, 0) is 152 Å². The largest absolute Gasteiger partial charge is 0.458 e. The van der Waals surface area contributed by atoms with Crippen LogP contribution < -0.4 is 10.6 Å². The summed E-state index contributed by atoms with van der Waals surface area (Å²) in [4.78, 5) is 86.6. The molecule has 3 heterocycles. The molecule has 18 nitrogen and oxygen atoms in total. The Hall–Kier alpha value is -3.46. The lowest BCUT2D eigenvalue weighted by molar-refractivity contribution is -0.164. The number of likely N-dealkylation sites (tertiary alicyclic amines) is 2. The second-order valence-electron chi connectivity index (χ2n) is 22.0. The minimum absolute atomic E-state index is 0. The van der Waals surface area contributed by atoms with Crippen molar-refractivity contribution in [2.75, 3.05) is 13.1 Å². The minimum atomic E-state index is -0.891. The Kier molecular flexibility index (Phi) is 23.5. The predicted molar refractivity (Wildman–Crippen MR) is 277 cm³/mol. The molecule has 0 aromatic rings. The van der Waals surface area contributed by atoms with E-state index in [2.05, 4.69) is 75.3 Å². The molecule has 1 spiro atoms. The molecular formula is C48H81Br3N6O12. The number of halogens is 3. The number of alkyl carbamates (subject to hydrolysis) is 2. The zero-order chi connectivity index (χ0) is 52.9. The molecule has 396 valence electrons. The van der Waals surface area contributed by atoms with Crippen LogP contribution in [0.5, 0.6) is 0 Å². The number of amides is 4. The van der Waals surface area contributed by atoms with E-state index in [4.69, 9.17) is 30.4 Å². The van der Waals surface area contributed by atoms with Gasteiger partial charge in [0.15, 0.2) is 9.13 Å². The predicted octanol–water partition coefficient (Wildman–Crippen LogP) is 10.2. The lowest BCUT2D eigenvalue weighted by atomic mass is 9.85. The monoisotopic (exact) mass is 1170 g/mol. The van der Waals surface area contributed by atoms with Gasteiger partial charge in [-0.2, -0.15) is 0 Å². The highest BCUT2D eigenvalue weighted by atomic mass is 79.9. The van der Waals surface area contributed by atoms with Crippen molar-refractivity contribution in [3.63, 3.8) is 0 Å². The summed E-state index contributed by atoms with van der Waals surface area (Å²) in [5.41, 5.74) is -2.55. The number of hydrogen-bond donors (Lipinski definition) is 3. The van der Waals surface area contributed by atoms with Gasteiger partial charge in [0, 0.05) is 27.2 Å². The van der Waals surface area contributed by atoms with Gasteiger partial charge >= 0.3 is 24.1 Å². The van der Waals surface area contributed by atoms with Crippen LogP contribution in [0.4, 0.5) is 9.59 Å². The first kappa shape index (κ1) is 61.7. The van der Waals surface area contributed by atoms with E-state index in [9.17, 15) is 28.8 Å². The van der Waals surface area contributed by atoms with E-state index in [0.29, 0.717) is 21.0 Å². The van der Waals surface area contributed by atoms with Gasteiger partial charge < -0.3 is 49.4 Å². The van der Waals surface area contributed by atoms with Gasteiger partial charge in [-0.1, -0.05) is 78.8 Å². The van der Waals surface area contributed by atoms with Crippen LogP contribution in [0.15, 0.2) is 22.5 Å². The summed E-state index contributed by atoms with van der Waals surface area (Å²) in [6, 6.07) is -3.29. The second kappa shape index (κ2) is 26.3. The van der Waals surface area contributed by atoms with E-state index in [1.807, 2.05) is 41.5 Å². The average Bonchev–Trinajstić information content (AvgIpc) is 4.08. The highest BCUT2D eigenvalue weighted by molar-refractivity contribution is 9.39. The summed E-state index contributed by atoms with van der Waals surface area (Å²) in [6.45, 7) is 26.3.